The van der Waals surface area contributed by atoms with Gasteiger partial charge in [-0.1, -0.05) is 11.1 Å². The Balaban J connectivity index is 2.23. The molecule has 0 aliphatic heterocycles. The van der Waals surface area contributed by atoms with Crippen LogP contribution in [0.3, 0.4) is 0 Å². The van der Waals surface area contributed by atoms with E-state index in [1.807, 2.05) is 26.8 Å². The molecule has 8 nitrogen and oxygen atoms in total. The van der Waals surface area contributed by atoms with Crippen LogP contribution in [-0.4, -0.2) is 35.2 Å². The molecule has 0 spiro atoms. The van der Waals surface area contributed by atoms with Gasteiger partial charge in [-0.15, -0.1) is 0 Å². The SMILES string of the molecule is COC(=O)c1cc2c(=O)n3cc(C)ccc3nc2[n+](CCCOC(C)C)c1N. The van der Waals surface area contributed by atoms with E-state index in [2.05, 4.69) is 4.98 Å². The number of aryl methyl sites for hydroxylation is 2. The first-order valence-electron chi connectivity index (χ1n) is 9.18. The van der Waals surface area contributed by atoms with Crippen LogP contribution in [-0.2, 0) is 16.0 Å². The van der Waals surface area contributed by atoms with E-state index in [-0.39, 0.29) is 23.0 Å². The Kier molecular flexibility index (Phi) is 5.60. The molecule has 3 aromatic heterocycles. The van der Waals surface area contributed by atoms with Crippen molar-refractivity contribution in [3.63, 3.8) is 0 Å². The molecule has 0 bridgehead atoms. The van der Waals surface area contributed by atoms with Crippen LogP contribution in [0.4, 0.5) is 5.82 Å². The number of rotatable bonds is 6. The molecule has 148 valence electrons. The number of aromatic nitrogens is 3. The minimum absolute atomic E-state index is 0.121. The summed E-state index contributed by atoms with van der Waals surface area (Å²) in [5.74, 6) is -0.382. The molecule has 0 saturated heterocycles. The lowest BCUT2D eigenvalue weighted by Crippen LogP contribution is -2.42. The summed E-state index contributed by atoms with van der Waals surface area (Å²) in [6.07, 6.45) is 2.50. The van der Waals surface area contributed by atoms with Gasteiger partial charge in [0.1, 0.15) is 10.9 Å². The van der Waals surface area contributed by atoms with Crippen LogP contribution in [0, 0.1) is 6.92 Å². The van der Waals surface area contributed by atoms with Gasteiger partial charge in [0.05, 0.1) is 19.8 Å². The van der Waals surface area contributed by atoms with Crippen LogP contribution < -0.4 is 15.9 Å². The summed E-state index contributed by atoms with van der Waals surface area (Å²) in [6.45, 7) is 6.80. The number of pyridine rings is 2. The highest BCUT2D eigenvalue weighted by Gasteiger charge is 2.24. The summed E-state index contributed by atoms with van der Waals surface area (Å²) < 4.78 is 13.6. The first-order valence-corrected chi connectivity index (χ1v) is 9.18. The summed E-state index contributed by atoms with van der Waals surface area (Å²) in [5.41, 5.74) is 8.02. The number of esters is 1. The van der Waals surface area contributed by atoms with Gasteiger partial charge in [-0.2, -0.15) is 0 Å². The van der Waals surface area contributed by atoms with Crippen molar-refractivity contribution in [2.75, 3.05) is 19.5 Å². The third-order valence-electron chi connectivity index (χ3n) is 4.48. The molecule has 0 aliphatic carbocycles. The van der Waals surface area contributed by atoms with Gasteiger partial charge in [0.25, 0.3) is 11.2 Å². The Morgan fingerprint density at radius 1 is 1.36 bits per heavy atom. The average Bonchev–Trinajstić information content (AvgIpc) is 2.66. The molecule has 0 fully saturated rings. The van der Waals surface area contributed by atoms with Crippen LogP contribution in [0.1, 0.15) is 36.2 Å². The molecular weight excluding hydrogens is 360 g/mol. The highest BCUT2D eigenvalue weighted by molar-refractivity contribution is 5.96. The molecule has 0 aromatic carbocycles. The minimum Gasteiger partial charge on any atom is -0.465 e. The van der Waals surface area contributed by atoms with E-state index in [4.69, 9.17) is 15.2 Å². The van der Waals surface area contributed by atoms with Gasteiger partial charge in [0.15, 0.2) is 0 Å². The number of hydrogen-bond donors (Lipinski definition) is 1. The van der Waals surface area contributed by atoms with Gasteiger partial charge in [-0.3, -0.25) is 9.20 Å². The van der Waals surface area contributed by atoms with Crippen molar-refractivity contribution in [1.82, 2.24) is 9.38 Å². The lowest BCUT2D eigenvalue weighted by Gasteiger charge is -2.12. The summed E-state index contributed by atoms with van der Waals surface area (Å²) in [6, 6.07) is 5.13. The number of hydrogen-bond acceptors (Lipinski definition) is 6. The fourth-order valence-corrected chi connectivity index (χ4v) is 3.10. The Labute approximate surface area is 162 Å². The van der Waals surface area contributed by atoms with Crippen molar-refractivity contribution in [2.24, 2.45) is 0 Å². The first kappa shape index (κ1) is 19.8. The number of nitrogens with two attached hydrogens (primary N) is 1. The van der Waals surface area contributed by atoms with Gasteiger partial charge >= 0.3 is 5.97 Å². The normalized spacial score (nSPS) is 11.5. The van der Waals surface area contributed by atoms with E-state index in [0.29, 0.717) is 36.3 Å². The largest absolute Gasteiger partial charge is 0.465 e. The van der Waals surface area contributed by atoms with Crippen LogP contribution in [0.2, 0.25) is 0 Å². The quantitative estimate of drug-likeness (QED) is 0.300. The van der Waals surface area contributed by atoms with Gasteiger partial charge in [-0.25, -0.2) is 9.36 Å². The van der Waals surface area contributed by atoms with Crippen LogP contribution in [0.5, 0.6) is 0 Å². The monoisotopic (exact) mass is 385 g/mol. The molecule has 28 heavy (non-hydrogen) atoms. The van der Waals surface area contributed by atoms with E-state index in [9.17, 15) is 9.59 Å². The maximum absolute atomic E-state index is 13.1. The molecule has 2 N–H and O–H groups in total. The molecule has 0 atom stereocenters. The third-order valence-corrected chi connectivity index (χ3v) is 4.48. The van der Waals surface area contributed by atoms with Crippen LogP contribution in [0.25, 0.3) is 16.7 Å². The number of carbonyl (C=O) groups is 1. The van der Waals surface area contributed by atoms with E-state index >= 15 is 0 Å². The number of anilines is 1. The predicted octanol–water partition coefficient (Wildman–Crippen LogP) is 1.63. The summed E-state index contributed by atoms with van der Waals surface area (Å²) in [5, 5.41) is 0.308. The maximum Gasteiger partial charge on any atom is 0.344 e. The molecule has 0 radical (unpaired) electrons. The molecule has 3 aromatic rings. The van der Waals surface area contributed by atoms with Gasteiger partial charge in [0.2, 0.25) is 11.5 Å². The fraction of sp³-hybridized carbons (Fsp3) is 0.400. The number of ether oxygens (including phenoxy) is 2. The topological polar surface area (TPSA) is 99.8 Å². The zero-order valence-corrected chi connectivity index (χ0v) is 16.6. The fourth-order valence-electron chi connectivity index (χ4n) is 3.10. The second-order valence-corrected chi connectivity index (χ2v) is 6.95. The summed E-state index contributed by atoms with van der Waals surface area (Å²) >= 11 is 0. The van der Waals surface area contributed by atoms with Gasteiger partial charge < -0.3 is 15.2 Å². The minimum atomic E-state index is -0.597. The molecule has 0 amide bonds. The Bertz CT molecular complexity index is 1100. The van der Waals surface area contributed by atoms with E-state index < -0.39 is 5.97 Å². The zero-order valence-electron chi connectivity index (χ0n) is 16.6. The molecular formula is C20H25N4O4+. The lowest BCUT2D eigenvalue weighted by molar-refractivity contribution is -0.659. The van der Waals surface area contributed by atoms with Crippen molar-refractivity contribution >= 4 is 28.5 Å². The van der Waals surface area contributed by atoms with Crippen LogP contribution in [0.15, 0.2) is 29.2 Å². The third kappa shape index (κ3) is 3.68. The molecule has 3 heterocycles. The predicted molar refractivity (Wildman–Crippen MR) is 105 cm³/mol. The zero-order chi connectivity index (χ0) is 20.4. The van der Waals surface area contributed by atoms with Crippen molar-refractivity contribution in [2.45, 2.75) is 39.8 Å². The standard InChI is InChI=1S/C20H24N4O4/c1-12(2)28-9-5-8-23-17(21)14(20(26)27-4)10-15-18(23)22-16-7-6-13(3)11-24(16)19(15)25/h6-7,10-12,21H,5,8-9H2,1-4H3/p+1. The van der Waals surface area contributed by atoms with Crippen molar-refractivity contribution in [3.8, 4) is 0 Å². The van der Waals surface area contributed by atoms with E-state index in [0.717, 1.165) is 5.56 Å². The Hall–Kier alpha value is -3.00. The number of nitrogen functional groups attached to an aromatic ring is 1. The van der Waals surface area contributed by atoms with Crippen molar-refractivity contribution in [3.05, 3.63) is 45.9 Å². The average molecular weight is 385 g/mol. The first-order chi connectivity index (χ1) is 13.3. The van der Waals surface area contributed by atoms with Crippen molar-refractivity contribution in [1.29, 1.82) is 0 Å². The number of carbonyl (C=O) groups excluding carboxylic acids is 1. The summed E-state index contributed by atoms with van der Waals surface area (Å²) in [7, 11) is 1.28. The molecule has 8 heteroatoms. The smallest absolute Gasteiger partial charge is 0.344 e. The van der Waals surface area contributed by atoms with Crippen LogP contribution >= 0.6 is 0 Å². The second-order valence-electron chi connectivity index (χ2n) is 6.95. The van der Waals surface area contributed by atoms with E-state index in [1.54, 1.807) is 16.8 Å². The highest BCUT2D eigenvalue weighted by Crippen LogP contribution is 2.16. The molecule has 0 unspecified atom stereocenters. The highest BCUT2D eigenvalue weighted by atomic mass is 16.5. The number of fused-ring (bicyclic) bond motifs is 2. The Morgan fingerprint density at radius 3 is 2.79 bits per heavy atom. The van der Waals surface area contributed by atoms with Gasteiger partial charge in [-0.05, 0) is 38.5 Å². The lowest BCUT2D eigenvalue weighted by atomic mass is 10.2. The van der Waals surface area contributed by atoms with E-state index in [1.165, 1.54) is 17.6 Å². The second kappa shape index (κ2) is 7.93. The summed E-state index contributed by atoms with van der Waals surface area (Å²) in [4.78, 5) is 29.9. The van der Waals surface area contributed by atoms with Crippen molar-refractivity contribution < 1.29 is 18.8 Å². The molecule has 0 aliphatic rings. The Morgan fingerprint density at radius 2 is 2.11 bits per heavy atom. The number of nitrogens with zero attached hydrogens (tertiary/aromatic N) is 3. The maximum atomic E-state index is 13.1. The molecule has 0 saturated carbocycles. The number of methoxy groups -OCH3 is 1. The van der Waals surface area contributed by atoms with Gasteiger partial charge in [0, 0.05) is 19.2 Å². The molecule has 3 rings (SSSR count).